The molecule has 3 aromatic rings. The number of benzene rings is 2. The number of aromatic nitrogens is 1. The van der Waals surface area contributed by atoms with Gasteiger partial charge in [0.15, 0.2) is 5.13 Å². The lowest BCUT2D eigenvalue weighted by molar-refractivity contribution is -0.118. The first-order valence-electron chi connectivity index (χ1n) is 11.0. The molecule has 33 heavy (non-hydrogen) atoms. The fourth-order valence-corrected chi connectivity index (χ4v) is 5.83. The van der Waals surface area contributed by atoms with Gasteiger partial charge in [0.2, 0.25) is 5.91 Å². The number of hydrogen-bond acceptors (Lipinski definition) is 6. The summed E-state index contributed by atoms with van der Waals surface area (Å²) in [6.45, 7) is 5.15. The number of carbonyl (C=O) groups is 1. The van der Waals surface area contributed by atoms with Crippen molar-refractivity contribution in [3.8, 4) is 0 Å². The second-order valence-corrected chi connectivity index (χ2v) is 10.3. The van der Waals surface area contributed by atoms with E-state index in [0.717, 1.165) is 66.8 Å². The van der Waals surface area contributed by atoms with Gasteiger partial charge < -0.3 is 4.74 Å². The van der Waals surface area contributed by atoms with E-state index in [9.17, 15) is 4.79 Å². The summed E-state index contributed by atoms with van der Waals surface area (Å²) in [5.41, 5.74) is 0.889. The van der Waals surface area contributed by atoms with Gasteiger partial charge in [-0.1, -0.05) is 41.1 Å². The Morgan fingerprint density at radius 1 is 1.15 bits per heavy atom. The number of halogens is 2. The molecule has 0 unspecified atom stereocenters. The minimum Gasteiger partial charge on any atom is -0.379 e. The Labute approximate surface area is 214 Å². The quantitative estimate of drug-likeness (QED) is 0.240. The molecule has 0 saturated carbocycles. The van der Waals surface area contributed by atoms with E-state index in [4.69, 9.17) is 21.3 Å². The molecule has 1 aliphatic rings. The fraction of sp³-hybridized carbons (Fsp3) is 0.417. The van der Waals surface area contributed by atoms with Crippen LogP contribution in [0.4, 0.5) is 5.13 Å². The number of nitrogens with zero attached hydrogens (tertiary/aromatic N) is 3. The van der Waals surface area contributed by atoms with Crippen LogP contribution in [0.5, 0.6) is 0 Å². The first-order valence-corrected chi connectivity index (χ1v) is 13.2. The topological polar surface area (TPSA) is 45.7 Å². The number of ether oxygens (including phenoxy) is 1. The molecule has 1 amide bonds. The Morgan fingerprint density at radius 2 is 1.94 bits per heavy atom. The predicted octanol–water partition coefficient (Wildman–Crippen LogP) is 6.00. The summed E-state index contributed by atoms with van der Waals surface area (Å²) in [6.07, 6.45) is 2.28. The molecule has 0 aliphatic carbocycles. The number of fused-ring (bicyclic) bond motifs is 1. The lowest BCUT2D eigenvalue weighted by Gasteiger charge is -2.27. The summed E-state index contributed by atoms with van der Waals surface area (Å²) in [4.78, 5) is 23.5. The largest absolute Gasteiger partial charge is 0.379 e. The number of carbonyl (C=O) groups excluding carboxylic acids is 1. The van der Waals surface area contributed by atoms with Gasteiger partial charge in [0, 0.05) is 42.5 Å². The van der Waals surface area contributed by atoms with Crippen molar-refractivity contribution in [2.45, 2.75) is 24.2 Å². The van der Waals surface area contributed by atoms with Gasteiger partial charge in [0.05, 0.1) is 23.4 Å². The first-order chi connectivity index (χ1) is 15.7. The second kappa shape index (κ2) is 13.5. The minimum atomic E-state index is 0. The molecule has 2 aromatic carbocycles. The average molecular weight is 527 g/mol. The van der Waals surface area contributed by atoms with E-state index in [1.807, 2.05) is 41.3 Å². The summed E-state index contributed by atoms with van der Waals surface area (Å²) in [5, 5.41) is 1.46. The maximum atomic E-state index is 13.2. The van der Waals surface area contributed by atoms with Gasteiger partial charge in [-0.05, 0) is 48.9 Å². The molecule has 9 heteroatoms. The van der Waals surface area contributed by atoms with Crippen LogP contribution in [0.2, 0.25) is 5.02 Å². The maximum Gasteiger partial charge on any atom is 0.228 e. The zero-order chi connectivity index (χ0) is 22.2. The van der Waals surface area contributed by atoms with Crippen molar-refractivity contribution in [2.75, 3.05) is 50.0 Å². The SMILES string of the molecule is Cl.O=C(CCCSc1ccccc1)N(CCCN1CCOCC1)c1nc2ccc(Cl)cc2s1. The van der Waals surface area contributed by atoms with Gasteiger partial charge in [-0.25, -0.2) is 4.98 Å². The molecule has 1 fully saturated rings. The van der Waals surface area contributed by atoms with Crippen molar-refractivity contribution in [1.29, 1.82) is 0 Å². The third-order valence-corrected chi connectivity index (χ3v) is 7.75. The van der Waals surface area contributed by atoms with Crippen LogP contribution in [0, 0.1) is 0 Å². The molecule has 0 radical (unpaired) electrons. The summed E-state index contributed by atoms with van der Waals surface area (Å²) >= 11 is 9.49. The van der Waals surface area contributed by atoms with Crippen LogP contribution in [-0.2, 0) is 9.53 Å². The van der Waals surface area contributed by atoms with Gasteiger partial charge in [-0.15, -0.1) is 24.2 Å². The van der Waals surface area contributed by atoms with E-state index >= 15 is 0 Å². The molecule has 0 N–H and O–H groups in total. The highest BCUT2D eigenvalue weighted by atomic mass is 35.5. The molecule has 1 aromatic heterocycles. The third kappa shape index (κ3) is 7.84. The zero-order valence-electron chi connectivity index (χ0n) is 18.5. The number of hydrogen-bond donors (Lipinski definition) is 0. The molecule has 0 atom stereocenters. The fourth-order valence-electron chi connectivity index (χ4n) is 3.67. The molecular weight excluding hydrogens is 497 g/mol. The van der Waals surface area contributed by atoms with Gasteiger partial charge >= 0.3 is 0 Å². The van der Waals surface area contributed by atoms with Crippen LogP contribution in [0.15, 0.2) is 53.4 Å². The Balaban J connectivity index is 0.00000306. The van der Waals surface area contributed by atoms with E-state index in [0.29, 0.717) is 18.0 Å². The second-order valence-electron chi connectivity index (χ2n) is 7.73. The van der Waals surface area contributed by atoms with E-state index in [-0.39, 0.29) is 18.3 Å². The highest BCUT2D eigenvalue weighted by Gasteiger charge is 2.20. The summed E-state index contributed by atoms with van der Waals surface area (Å²) in [6, 6.07) is 16.0. The van der Waals surface area contributed by atoms with Crippen molar-refractivity contribution >= 4 is 68.4 Å². The summed E-state index contributed by atoms with van der Waals surface area (Å²) in [5.74, 6) is 1.07. The Hall–Kier alpha value is -1.35. The lowest BCUT2D eigenvalue weighted by atomic mass is 10.2. The van der Waals surface area contributed by atoms with E-state index in [1.54, 1.807) is 23.1 Å². The number of amides is 1. The number of anilines is 1. The Bertz CT molecular complexity index is 1010. The van der Waals surface area contributed by atoms with Crippen LogP contribution in [0.1, 0.15) is 19.3 Å². The van der Waals surface area contributed by atoms with Crippen LogP contribution in [0.25, 0.3) is 10.2 Å². The minimum absolute atomic E-state index is 0. The predicted molar refractivity (Wildman–Crippen MR) is 143 cm³/mol. The van der Waals surface area contributed by atoms with Gasteiger partial charge in [-0.2, -0.15) is 0 Å². The van der Waals surface area contributed by atoms with Crippen LogP contribution >= 0.6 is 47.1 Å². The number of rotatable bonds is 10. The molecule has 1 saturated heterocycles. The van der Waals surface area contributed by atoms with E-state index in [2.05, 4.69) is 17.0 Å². The van der Waals surface area contributed by atoms with Crippen molar-refractivity contribution < 1.29 is 9.53 Å². The molecule has 0 bridgehead atoms. The van der Waals surface area contributed by atoms with E-state index < -0.39 is 0 Å². The van der Waals surface area contributed by atoms with Gasteiger partial charge in [-0.3, -0.25) is 14.6 Å². The molecule has 1 aliphatic heterocycles. The smallest absolute Gasteiger partial charge is 0.228 e. The number of thioether (sulfide) groups is 1. The highest BCUT2D eigenvalue weighted by Crippen LogP contribution is 2.31. The van der Waals surface area contributed by atoms with Crippen LogP contribution in [0.3, 0.4) is 0 Å². The average Bonchev–Trinajstić information content (AvgIpc) is 3.23. The van der Waals surface area contributed by atoms with Gasteiger partial charge in [0.1, 0.15) is 0 Å². The molecule has 5 nitrogen and oxygen atoms in total. The molecule has 0 spiro atoms. The molecule has 4 rings (SSSR count). The van der Waals surface area contributed by atoms with Crippen molar-refractivity contribution in [3.05, 3.63) is 53.6 Å². The first kappa shape index (κ1) is 26.3. The third-order valence-electron chi connectivity index (χ3n) is 5.38. The standard InChI is InChI=1S/C24H28ClN3O2S2.ClH/c25-19-9-10-21-22(18-19)32-24(26-21)28(12-5-11-27-13-15-30-16-14-27)23(29)8-4-17-31-20-6-2-1-3-7-20;/h1-3,6-7,9-10,18H,4-5,8,11-17H2;1H. The number of morpholine rings is 1. The van der Waals surface area contributed by atoms with E-state index in [1.165, 1.54) is 4.90 Å². The summed E-state index contributed by atoms with van der Waals surface area (Å²) in [7, 11) is 0. The molecule has 178 valence electrons. The van der Waals surface area contributed by atoms with Crippen molar-refractivity contribution in [2.24, 2.45) is 0 Å². The molecule has 2 heterocycles. The van der Waals surface area contributed by atoms with Crippen molar-refractivity contribution in [3.63, 3.8) is 0 Å². The zero-order valence-corrected chi connectivity index (χ0v) is 21.7. The van der Waals surface area contributed by atoms with Crippen LogP contribution in [-0.4, -0.2) is 60.9 Å². The number of thiazole rings is 1. The highest BCUT2D eigenvalue weighted by molar-refractivity contribution is 7.99. The maximum absolute atomic E-state index is 13.2. The lowest BCUT2D eigenvalue weighted by Crippen LogP contribution is -2.39. The normalized spacial score (nSPS) is 14.2. The van der Waals surface area contributed by atoms with Crippen LogP contribution < -0.4 is 4.90 Å². The summed E-state index contributed by atoms with van der Waals surface area (Å²) < 4.78 is 6.45. The monoisotopic (exact) mass is 525 g/mol. The Kier molecular flexibility index (Phi) is 10.8. The van der Waals surface area contributed by atoms with Gasteiger partial charge in [0.25, 0.3) is 0 Å². The molecular formula is C24H29Cl2N3O2S2. The van der Waals surface area contributed by atoms with Crippen molar-refractivity contribution in [1.82, 2.24) is 9.88 Å². The Morgan fingerprint density at radius 3 is 2.73 bits per heavy atom.